The summed E-state index contributed by atoms with van der Waals surface area (Å²) in [4.78, 5) is 5.51. The van der Waals surface area contributed by atoms with Gasteiger partial charge in [0.1, 0.15) is 0 Å². The summed E-state index contributed by atoms with van der Waals surface area (Å²) in [6, 6.07) is 0. The van der Waals surface area contributed by atoms with Crippen molar-refractivity contribution >= 4 is 27.3 Å². The zero-order chi connectivity index (χ0) is 13.1. The van der Waals surface area contributed by atoms with Crippen LogP contribution in [-0.2, 0) is 6.54 Å². The molecule has 19 heavy (non-hydrogen) atoms. The summed E-state index contributed by atoms with van der Waals surface area (Å²) in [5.74, 6) is 1.49. The Hall–Kier alpha value is 0.0300. The van der Waals surface area contributed by atoms with Crippen LogP contribution in [0.3, 0.4) is 0 Å². The van der Waals surface area contributed by atoms with Crippen molar-refractivity contribution < 1.29 is 5.11 Å². The second kappa shape index (κ2) is 4.26. The fraction of sp³-hybridized carbons (Fsp3) is 0.786. The normalized spacial score (nSPS) is 43.9. The van der Waals surface area contributed by atoms with Gasteiger partial charge in [-0.2, -0.15) is 0 Å². The average molecular weight is 343 g/mol. The summed E-state index contributed by atoms with van der Waals surface area (Å²) in [5, 5.41) is 14.5. The highest BCUT2D eigenvalue weighted by Gasteiger charge is 2.56. The highest BCUT2D eigenvalue weighted by Crippen LogP contribution is 2.57. The number of nitrogens with one attached hydrogen (secondary N) is 1. The molecule has 4 bridgehead atoms. The fourth-order valence-electron chi connectivity index (χ4n) is 5.06. The van der Waals surface area contributed by atoms with Crippen molar-refractivity contribution in [2.45, 2.75) is 56.2 Å². The highest BCUT2D eigenvalue weighted by atomic mass is 79.9. The van der Waals surface area contributed by atoms with Gasteiger partial charge in [-0.25, -0.2) is 4.98 Å². The van der Waals surface area contributed by atoms with Gasteiger partial charge in [-0.15, -0.1) is 11.3 Å². The Morgan fingerprint density at radius 2 is 2.11 bits per heavy atom. The topological polar surface area (TPSA) is 45.1 Å². The summed E-state index contributed by atoms with van der Waals surface area (Å²) in [5.41, 5.74) is -0.180. The van der Waals surface area contributed by atoms with Crippen molar-refractivity contribution in [3.05, 3.63) is 15.0 Å². The number of thiazole rings is 1. The molecule has 2 atom stereocenters. The third-order valence-electron chi connectivity index (χ3n) is 5.19. The van der Waals surface area contributed by atoms with E-state index in [1.54, 1.807) is 11.3 Å². The van der Waals surface area contributed by atoms with Crippen LogP contribution >= 0.6 is 27.3 Å². The van der Waals surface area contributed by atoms with Crippen molar-refractivity contribution in [3.8, 4) is 0 Å². The Morgan fingerprint density at radius 3 is 2.68 bits per heavy atom. The predicted octanol–water partition coefficient (Wildman–Crippen LogP) is 3.08. The van der Waals surface area contributed by atoms with Gasteiger partial charge in [0, 0.05) is 23.2 Å². The van der Waals surface area contributed by atoms with Gasteiger partial charge in [0.2, 0.25) is 0 Å². The minimum absolute atomic E-state index is 0.190. The first-order valence-corrected chi connectivity index (χ1v) is 8.73. The lowest BCUT2D eigenvalue weighted by Crippen LogP contribution is -2.64. The monoisotopic (exact) mass is 342 g/mol. The molecule has 104 valence electrons. The van der Waals surface area contributed by atoms with E-state index in [4.69, 9.17) is 0 Å². The molecule has 4 saturated carbocycles. The number of halogens is 1. The van der Waals surface area contributed by atoms with E-state index in [1.807, 2.05) is 6.20 Å². The van der Waals surface area contributed by atoms with Gasteiger partial charge in [-0.05, 0) is 66.3 Å². The van der Waals surface area contributed by atoms with E-state index in [1.165, 1.54) is 24.1 Å². The Labute approximate surface area is 125 Å². The van der Waals surface area contributed by atoms with Gasteiger partial charge in [0.05, 0.1) is 5.60 Å². The number of aliphatic hydroxyl groups is 1. The number of hydrogen-bond donors (Lipinski definition) is 2. The van der Waals surface area contributed by atoms with Crippen molar-refractivity contribution in [1.82, 2.24) is 10.3 Å². The molecule has 1 aromatic heterocycles. The quantitative estimate of drug-likeness (QED) is 0.887. The van der Waals surface area contributed by atoms with Crippen LogP contribution in [0.1, 0.15) is 43.4 Å². The minimum atomic E-state index is -0.370. The molecule has 5 heteroatoms. The van der Waals surface area contributed by atoms with E-state index >= 15 is 0 Å². The number of rotatable bonds is 3. The van der Waals surface area contributed by atoms with Crippen LogP contribution in [0.2, 0.25) is 0 Å². The molecule has 2 N–H and O–H groups in total. The molecule has 4 aliphatic rings. The molecule has 1 heterocycles. The Kier molecular flexibility index (Phi) is 2.86. The molecule has 0 saturated heterocycles. The zero-order valence-electron chi connectivity index (χ0n) is 10.9. The molecule has 0 radical (unpaired) electrons. The van der Waals surface area contributed by atoms with Crippen LogP contribution in [0, 0.1) is 11.8 Å². The summed E-state index contributed by atoms with van der Waals surface area (Å²) < 4.78 is 0.952. The van der Waals surface area contributed by atoms with Gasteiger partial charge in [-0.1, -0.05) is 0 Å². The molecule has 5 rings (SSSR count). The maximum absolute atomic E-state index is 10.7. The highest BCUT2D eigenvalue weighted by molar-refractivity contribution is 9.11. The van der Waals surface area contributed by atoms with Crippen LogP contribution in [0.15, 0.2) is 10.1 Å². The fourth-order valence-corrected chi connectivity index (χ4v) is 6.36. The first-order chi connectivity index (χ1) is 9.04. The molecule has 4 fully saturated rings. The first-order valence-electron chi connectivity index (χ1n) is 7.12. The molecule has 0 aliphatic heterocycles. The van der Waals surface area contributed by atoms with Crippen LogP contribution < -0.4 is 5.32 Å². The molecule has 2 unspecified atom stereocenters. The second-order valence-corrected chi connectivity index (χ2v) is 9.29. The van der Waals surface area contributed by atoms with E-state index in [9.17, 15) is 5.11 Å². The van der Waals surface area contributed by atoms with E-state index in [2.05, 4.69) is 26.2 Å². The summed E-state index contributed by atoms with van der Waals surface area (Å²) in [7, 11) is 0. The van der Waals surface area contributed by atoms with E-state index < -0.39 is 0 Å². The zero-order valence-corrected chi connectivity index (χ0v) is 13.3. The van der Waals surface area contributed by atoms with Crippen molar-refractivity contribution in [1.29, 1.82) is 0 Å². The summed E-state index contributed by atoms with van der Waals surface area (Å²) >= 11 is 5.11. The molecule has 1 aromatic rings. The Bertz CT molecular complexity index is 489. The predicted molar refractivity (Wildman–Crippen MR) is 79.0 cm³/mol. The molecule has 4 aliphatic carbocycles. The molecule has 0 aromatic carbocycles. The smallest absolute Gasteiger partial charge is 0.159 e. The van der Waals surface area contributed by atoms with Crippen LogP contribution in [0.25, 0.3) is 0 Å². The molecule has 0 spiro atoms. The largest absolute Gasteiger partial charge is 0.390 e. The van der Waals surface area contributed by atoms with Gasteiger partial charge in [-0.3, -0.25) is 0 Å². The van der Waals surface area contributed by atoms with Crippen LogP contribution in [0.4, 0.5) is 0 Å². The number of nitrogens with zero attached hydrogens (tertiary/aromatic N) is 1. The lowest BCUT2D eigenvalue weighted by molar-refractivity contribution is -0.142. The van der Waals surface area contributed by atoms with Crippen LogP contribution in [0.5, 0.6) is 0 Å². The van der Waals surface area contributed by atoms with Crippen molar-refractivity contribution in [2.24, 2.45) is 11.8 Å². The minimum Gasteiger partial charge on any atom is -0.390 e. The standard InChI is InChI=1S/C14H19BrN2OS/c15-12-16-6-11(19-12)7-17-13-2-9-1-10(3-13)5-14(18,4-9)8-13/h6,9-10,17-18H,1-5,7-8H2. The number of hydrogen-bond acceptors (Lipinski definition) is 4. The third-order valence-corrected chi connectivity index (χ3v) is 6.67. The van der Waals surface area contributed by atoms with E-state index in [0.29, 0.717) is 0 Å². The third kappa shape index (κ3) is 2.28. The first kappa shape index (κ1) is 12.7. The van der Waals surface area contributed by atoms with Gasteiger partial charge in [0.25, 0.3) is 0 Å². The van der Waals surface area contributed by atoms with E-state index in [-0.39, 0.29) is 11.1 Å². The summed E-state index contributed by atoms with van der Waals surface area (Å²) in [6.45, 7) is 0.888. The van der Waals surface area contributed by atoms with Crippen molar-refractivity contribution in [3.63, 3.8) is 0 Å². The van der Waals surface area contributed by atoms with Gasteiger partial charge in [0.15, 0.2) is 3.92 Å². The maximum atomic E-state index is 10.7. The number of aromatic nitrogens is 1. The molecular formula is C14H19BrN2OS. The average Bonchev–Trinajstić information content (AvgIpc) is 2.69. The van der Waals surface area contributed by atoms with Crippen LogP contribution in [-0.4, -0.2) is 21.2 Å². The summed E-state index contributed by atoms with van der Waals surface area (Å²) in [6.07, 6.45) is 8.83. The molecular weight excluding hydrogens is 324 g/mol. The lowest BCUT2D eigenvalue weighted by Gasteiger charge is -2.60. The van der Waals surface area contributed by atoms with E-state index in [0.717, 1.165) is 41.6 Å². The van der Waals surface area contributed by atoms with Gasteiger partial charge < -0.3 is 10.4 Å². The maximum Gasteiger partial charge on any atom is 0.159 e. The Morgan fingerprint density at radius 1 is 1.37 bits per heavy atom. The molecule has 3 nitrogen and oxygen atoms in total. The molecule has 0 amide bonds. The second-order valence-electron chi connectivity index (χ2n) is 6.90. The van der Waals surface area contributed by atoms with Gasteiger partial charge >= 0.3 is 0 Å². The Balaban J connectivity index is 1.51. The lowest BCUT2D eigenvalue weighted by atomic mass is 9.51. The SMILES string of the molecule is OC12CC3CC(C1)CC(NCc1cnc(Br)s1)(C3)C2. The van der Waals surface area contributed by atoms with Crippen molar-refractivity contribution in [2.75, 3.05) is 0 Å².